The average Bonchev–Trinajstić information content (AvgIpc) is 3.41. The molecule has 3 aliphatic rings. The van der Waals surface area contributed by atoms with Gasteiger partial charge in [0.15, 0.2) is 12.2 Å². The molecular formula is C30H39N7O5. The fourth-order valence-electron chi connectivity index (χ4n) is 5.50. The molecule has 5 heterocycles. The third kappa shape index (κ3) is 7.00. The summed E-state index contributed by atoms with van der Waals surface area (Å²) in [5, 5.41) is 17.0. The number of anilines is 2. The van der Waals surface area contributed by atoms with Gasteiger partial charge >= 0.3 is 0 Å². The van der Waals surface area contributed by atoms with Crippen molar-refractivity contribution in [1.82, 2.24) is 25.2 Å². The normalized spacial score (nSPS) is 18.2. The summed E-state index contributed by atoms with van der Waals surface area (Å²) in [7, 11) is 0. The van der Waals surface area contributed by atoms with Crippen LogP contribution in [0.5, 0.6) is 5.75 Å². The van der Waals surface area contributed by atoms with Gasteiger partial charge in [0.1, 0.15) is 23.9 Å². The van der Waals surface area contributed by atoms with E-state index >= 15 is 0 Å². The standard InChI is InChI=1S/C30H39N7O5/c1-20-27(42-19-32-20)18-41-25-6-5-22-14-36(10-7-21(22)11-25)15-24(38)13-31-29(39)26-12-28(33-23-16-40-17-23)35-30(34-26)37-8-3-2-4-9-37/h5-6,11-12,19,23-24,38H,2-4,7-10,13-18H2,1H3,(H,31,39)(H,33,34,35). The highest BCUT2D eigenvalue weighted by molar-refractivity contribution is 5.93. The maximum absolute atomic E-state index is 13.1. The topological polar surface area (TPSA) is 138 Å². The van der Waals surface area contributed by atoms with Gasteiger partial charge in [-0.25, -0.2) is 9.97 Å². The van der Waals surface area contributed by atoms with Crippen molar-refractivity contribution in [2.45, 2.75) is 57.9 Å². The van der Waals surface area contributed by atoms with Crippen LogP contribution in [0.2, 0.25) is 0 Å². The lowest BCUT2D eigenvalue weighted by atomic mass is 9.99. The highest BCUT2D eigenvalue weighted by atomic mass is 16.5. The van der Waals surface area contributed by atoms with Crippen molar-refractivity contribution in [3.8, 4) is 5.75 Å². The van der Waals surface area contributed by atoms with Crippen molar-refractivity contribution in [3.63, 3.8) is 0 Å². The summed E-state index contributed by atoms with van der Waals surface area (Å²) in [5.74, 6) is 2.40. The summed E-state index contributed by atoms with van der Waals surface area (Å²) in [6.45, 7) is 7.38. The Morgan fingerprint density at radius 3 is 2.76 bits per heavy atom. The quantitative estimate of drug-likeness (QED) is 0.309. The van der Waals surface area contributed by atoms with Crippen molar-refractivity contribution in [2.75, 3.05) is 56.2 Å². The summed E-state index contributed by atoms with van der Waals surface area (Å²) in [6, 6.07) is 7.99. The van der Waals surface area contributed by atoms with Gasteiger partial charge in [0.2, 0.25) is 5.95 Å². The molecule has 1 aromatic carbocycles. The number of aryl methyl sites for hydroxylation is 1. The molecule has 42 heavy (non-hydrogen) atoms. The van der Waals surface area contributed by atoms with E-state index in [1.807, 2.05) is 13.0 Å². The zero-order valence-electron chi connectivity index (χ0n) is 24.1. The molecule has 1 amide bonds. The lowest BCUT2D eigenvalue weighted by Gasteiger charge is -2.30. The number of nitrogens with one attached hydrogen (secondary N) is 2. The van der Waals surface area contributed by atoms with E-state index in [1.165, 1.54) is 23.9 Å². The molecule has 0 aliphatic carbocycles. The zero-order valence-corrected chi connectivity index (χ0v) is 24.1. The maximum atomic E-state index is 13.1. The van der Waals surface area contributed by atoms with E-state index in [9.17, 15) is 9.90 Å². The van der Waals surface area contributed by atoms with Crippen LogP contribution in [0.1, 0.15) is 52.3 Å². The first-order valence-electron chi connectivity index (χ1n) is 14.8. The number of ether oxygens (including phenoxy) is 2. The Balaban J connectivity index is 1.01. The number of oxazole rings is 1. The number of carbonyl (C=O) groups excluding carboxylic acids is 1. The van der Waals surface area contributed by atoms with Crippen molar-refractivity contribution >= 4 is 17.7 Å². The number of rotatable bonds is 11. The third-order valence-corrected chi connectivity index (χ3v) is 8.03. The Kier molecular flexibility index (Phi) is 8.82. The second-order valence-corrected chi connectivity index (χ2v) is 11.3. The molecule has 0 radical (unpaired) electrons. The second kappa shape index (κ2) is 13.1. The molecule has 3 aromatic rings. The van der Waals surface area contributed by atoms with E-state index in [2.05, 4.69) is 47.5 Å². The van der Waals surface area contributed by atoms with Crippen LogP contribution in [0.3, 0.4) is 0 Å². The van der Waals surface area contributed by atoms with Crippen LogP contribution in [0.15, 0.2) is 35.1 Å². The van der Waals surface area contributed by atoms with Crippen LogP contribution in [0.25, 0.3) is 0 Å². The van der Waals surface area contributed by atoms with Crippen LogP contribution in [-0.4, -0.2) is 88.9 Å². The first-order valence-corrected chi connectivity index (χ1v) is 14.8. The van der Waals surface area contributed by atoms with Gasteiger partial charge in [-0.15, -0.1) is 0 Å². The van der Waals surface area contributed by atoms with Crippen LogP contribution in [0, 0.1) is 6.92 Å². The van der Waals surface area contributed by atoms with Crippen molar-refractivity contribution in [2.24, 2.45) is 0 Å². The minimum atomic E-state index is -0.712. The van der Waals surface area contributed by atoms with E-state index < -0.39 is 6.10 Å². The Morgan fingerprint density at radius 1 is 1.14 bits per heavy atom. The van der Waals surface area contributed by atoms with Gasteiger partial charge in [-0.3, -0.25) is 9.69 Å². The number of amides is 1. The largest absolute Gasteiger partial charge is 0.486 e. The van der Waals surface area contributed by atoms with Crippen molar-refractivity contribution < 1.29 is 23.8 Å². The van der Waals surface area contributed by atoms with Gasteiger partial charge in [0, 0.05) is 45.3 Å². The van der Waals surface area contributed by atoms with Gasteiger partial charge < -0.3 is 34.5 Å². The summed E-state index contributed by atoms with van der Waals surface area (Å²) < 4.78 is 16.5. The molecule has 12 heteroatoms. The highest BCUT2D eigenvalue weighted by Crippen LogP contribution is 2.25. The van der Waals surface area contributed by atoms with Crippen molar-refractivity contribution in [3.05, 3.63) is 58.9 Å². The van der Waals surface area contributed by atoms with E-state index in [0.717, 1.165) is 62.6 Å². The van der Waals surface area contributed by atoms with Gasteiger partial charge in [0.25, 0.3) is 5.91 Å². The first kappa shape index (κ1) is 28.4. The number of hydrogen-bond acceptors (Lipinski definition) is 11. The molecule has 0 saturated carbocycles. The summed E-state index contributed by atoms with van der Waals surface area (Å²) in [4.78, 5) is 30.8. The third-order valence-electron chi connectivity index (χ3n) is 8.03. The minimum Gasteiger partial charge on any atom is -0.486 e. The number of aromatic nitrogens is 3. The van der Waals surface area contributed by atoms with Crippen LogP contribution >= 0.6 is 0 Å². The molecule has 3 N–H and O–H groups in total. The van der Waals surface area contributed by atoms with Gasteiger partial charge in [-0.1, -0.05) is 6.07 Å². The smallest absolute Gasteiger partial charge is 0.270 e. The number of aliphatic hydroxyl groups excluding tert-OH is 1. The molecule has 6 rings (SSSR count). The fourth-order valence-corrected chi connectivity index (χ4v) is 5.50. The summed E-state index contributed by atoms with van der Waals surface area (Å²) >= 11 is 0. The zero-order chi connectivity index (χ0) is 28.9. The summed E-state index contributed by atoms with van der Waals surface area (Å²) in [5.41, 5.74) is 3.58. The number of piperidine rings is 1. The maximum Gasteiger partial charge on any atom is 0.270 e. The molecule has 1 unspecified atom stereocenters. The minimum absolute atomic E-state index is 0.137. The first-order chi connectivity index (χ1) is 20.5. The number of β-amino-alcohol motifs (C(OH)–C–C–N with tert-alkyl or cyclic N) is 1. The van der Waals surface area contributed by atoms with Gasteiger partial charge in [-0.2, -0.15) is 4.98 Å². The number of benzene rings is 1. The molecule has 224 valence electrons. The molecule has 2 aromatic heterocycles. The number of aliphatic hydroxyl groups is 1. The predicted octanol–water partition coefficient (Wildman–Crippen LogP) is 2.30. The molecule has 12 nitrogen and oxygen atoms in total. The highest BCUT2D eigenvalue weighted by Gasteiger charge is 2.24. The van der Waals surface area contributed by atoms with E-state index in [0.29, 0.717) is 43.8 Å². The van der Waals surface area contributed by atoms with Crippen LogP contribution in [-0.2, 0) is 24.3 Å². The molecule has 0 spiro atoms. The predicted molar refractivity (Wildman–Crippen MR) is 156 cm³/mol. The molecule has 1 atom stereocenters. The average molecular weight is 578 g/mol. The SMILES string of the molecule is Cc1ncoc1COc1ccc2c(c1)CCN(CC(O)CNC(=O)c1cc(NC3COC3)nc(N3CCCCC3)n1)C2. The van der Waals surface area contributed by atoms with E-state index in [1.54, 1.807) is 6.07 Å². The summed E-state index contributed by atoms with van der Waals surface area (Å²) in [6.07, 6.45) is 4.94. The van der Waals surface area contributed by atoms with Crippen LogP contribution < -0.4 is 20.3 Å². The number of carbonyl (C=O) groups is 1. The Hall–Kier alpha value is -3.74. The van der Waals surface area contributed by atoms with Crippen molar-refractivity contribution in [1.29, 1.82) is 0 Å². The second-order valence-electron chi connectivity index (χ2n) is 11.3. The molecule has 2 fully saturated rings. The van der Waals surface area contributed by atoms with Gasteiger partial charge in [0.05, 0.1) is 31.1 Å². The lowest BCUT2D eigenvalue weighted by Crippen LogP contribution is -2.42. The monoisotopic (exact) mass is 577 g/mol. The molecule has 0 bridgehead atoms. The van der Waals surface area contributed by atoms with Crippen LogP contribution in [0.4, 0.5) is 11.8 Å². The van der Waals surface area contributed by atoms with Gasteiger partial charge in [-0.05, 0) is 55.9 Å². The molecule has 2 saturated heterocycles. The lowest BCUT2D eigenvalue weighted by molar-refractivity contribution is 0.0209. The molecule has 3 aliphatic heterocycles. The van der Waals surface area contributed by atoms with E-state index in [-0.39, 0.29) is 18.5 Å². The fraction of sp³-hybridized carbons (Fsp3) is 0.533. The number of nitrogens with zero attached hydrogens (tertiary/aromatic N) is 5. The Labute approximate surface area is 245 Å². The Bertz CT molecular complexity index is 1370. The van der Waals surface area contributed by atoms with E-state index in [4.69, 9.17) is 13.9 Å². The molecular weight excluding hydrogens is 538 g/mol. The Morgan fingerprint density at radius 2 is 2.00 bits per heavy atom. The number of hydrogen-bond donors (Lipinski definition) is 3. The number of fused-ring (bicyclic) bond motifs is 1.